The Balaban J connectivity index is 1.86. The third-order valence-electron chi connectivity index (χ3n) is 4.75. The van der Waals surface area contributed by atoms with Gasteiger partial charge in [-0.1, -0.05) is 6.92 Å². The summed E-state index contributed by atoms with van der Waals surface area (Å²) >= 11 is 0. The molecule has 2 fully saturated rings. The molecular weight excluding hydrogens is 330 g/mol. The number of carbonyl (C=O) groups is 1. The highest BCUT2D eigenvalue weighted by Crippen LogP contribution is 2.28. The molecule has 0 amide bonds. The second-order valence-corrected chi connectivity index (χ2v) is 8.68. The van der Waals surface area contributed by atoms with Crippen molar-refractivity contribution < 1.29 is 18.3 Å². The van der Waals surface area contributed by atoms with Crippen molar-refractivity contribution in [1.29, 1.82) is 0 Å². The van der Waals surface area contributed by atoms with E-state index in [0.717, 1.165) is 12.8 Å². The summed E-state index contributed by atoms with van der Waals surface area (Å²) in [6.45, 7) is 4.17. The van der Waals surface area contributed by atoms with Crippen LogP contribution in [-0.2, 0) is 14.8 Å². The number of hydrogen-bond acceptors (Lipinski definition) is 5. The molecule has 24 heavy (non-hydrogen) atoms. The fraction of sp³-hybridized carbons (Fsp3) is 0.625. The lowest BCUT2D eigenvalue weighted by atomic mass is 9.90. The normalized spacial score (nSPS) is 25.8. The zero-order valence-corrected chi connectivity index (χ0v) is 14.6. The number of anilines is 1. The van der Waals surface area contributed by atoms with E-state index in [-0.39, 0.29) is 10.8 Å². The van der Waals surface area contributed by atoms with Gasteiger partial charge in [-0.3, -0.25) is 4.79 Å². The summed E-state index contributed by atoms with van der Waals surface area (Å²) < 4.78 is 26.9. The van der Waals surface area contributed by atoms with Crippen LogP contribution in [0.4, 0.5) is 5.82 Å². The molecule has 132 valence electrons. The molecule has 3 rings (SSSR count). The van der Waals surface area contributed by atoms with Crippen molar-refractivity contribution in [1.82, 2.24) is 9.29 Å². The largest absolute Gasteiger partial charge is 0.481 e. The lowest BCUT2D eigenvalue weighted by Crippen LogP contribution is -2.43. The van der Waals surface area contributed by atoms with Gasteiger partial charge in [-0.15, -0.1) is 0 Å². The summed E-state index contributed by atoms with van der Waals surface area (Å²) in [4.78, 5) is 17.7. The Bertz CT molecular complexity index is 716. The summed E-state index contributed by atoms with van der Waals surface area (Å²) in [6.07, 6.45) is 3.91. The SMILES string of the molecule is CC1CC(C(=O)O)CN(c2cc(S(=O)(=O)N3CCCC3)ccn2)C1. The lowest BCUT2D eigenvalue weighted by Gasteiger charge is -2.35. The van der Waals surface area contributed by atoms with Gasteiger partial charge >= 0.3 is 5.97 Å². The maximum atomic E-state index is 12.7. The molecule has 0 bridgehead atoms. The maximum Gasteiger partial charge on any atom is 0.308 e. The standard InChI is InChI=1S/C16H23N3O4S/c1-12-8-13(16(20)21)11-18(10-12)15-9-14(4-5-17-15)24(22,23)19-6-2-3-7-19/h4-5,9,12-13H,2-3,6-8,10-11H2,1H3,(H,20,21). The van der Waals surface area contributed by atoms with E-state index < -0.39 is 21.9 Å². The van der Waals surface area contributed by atoms with Crippen molar-refractivity contribution in [2.75, 3.05) is 31.1 Å². The topological polar surface area (TPSA) is 90.8 Å². The van der Waals surface area contributed by atoms with Gasteiger partial charge in [0.1, 0.15) is 5.82 Å². The van der Waals surface area contributed by atoms with E-state index in [1.807, 2.05) is 11.8 Å². The fourth-order valence-electron chi connectivity index (χ4n) is 3.53. The van der Waals surface area contributed by atoms with Crippen molar-refractivity contribution in [3.63, 3.8) is 0 Å². The molecule has 2 aliphatic heterocycles. The molecule has 7 nitrogen and oxygen atoms in total. The molecule has 0 spiro atoms. The molecule has 2 saturated heterocycles. The molecule has 0 radical (unpaired) electrons. The van der Waals surface area contributed by atoms with E-state index in [2.05, 4.69) is 4.98 Å². The summed E-state index contributed by atoms with van der Waals surface area (Å²) in [5, 5.41) is 9.30. The molecule has 1 aromatic rings. The molecule has 1 aromatic heterocycles. The predicted octanol–water partition coefficient (Wildman–Crippen LogP) is 1.41. The Morgan fingerprint density at radius 1 is 1.29 bits per heavy atom. The Labute approximate surface area is 142 Å². The van der Waals surface area contributed by atoms with Crippen LogP contribution in [0.2, 0.25) is 0 Å². The Kier molecular flexibility index (Phi) is 4.78. The minimum absolute atomic E-state index is 0.223. The average molecular weight is 353 g/mol. The number of aromatic nitrogens is 1. The second-order valence-electron chi connectivity index (χ2n) is 6.74. The molecule has 0 aliphatic carbocycles. The number of pyridine rings is 1. The van der Waals surface area contributed by atoms with Crippen LogP contribution in [-0.4, -0.2) is 55.0 Å². The smallest absolute Gasteiger partial charge is 0.308 e. The van der Waals surface area contributed by atoms with Crippen LogP contribution in [0.25, 0.3) is 0 Å². The van der Waals surface area contributed by atoms with Gasteiger partial charge in [0.25, 0.3) is 0 Å². The number of rotatable bonds is 4. The number of hydrogen-bond donors (Lipinski definition) is 1. The summed E-state index contributed by atoms with van der Waals surface area (Å²) in [6, 6.07) is 3.09. The minimum atomic E-state index is -3.49. The second kappa shape index (κ2) is 6.68. The molecule has 2 unspecified atom stereocenters. The van der Waals surface area contributed by atoms with E-state index in [4.69, 9.17) is 0 Å². The lowest BCUT2D eigenvalue weighted by molar-refractivity contribution is -0.142. The molecule has 2 atom stereocenters. The molecule has 3 heterocycles. The van der Waals surface area contributed by atoms with Crippen LogP contribution in [0.1, 0.15) is 26.2 Å². The van der Waals surface area contributed by atoms with Crippen molar-refractivity contribution in [2.45, 2.75) is 31.1 Å². The highest BCUT2D eigenvalue weighted by atomic mass is 32.2. The highest BCUT2D eigenvalue weighted by Gasteiger charge is 2.32. The number of nitrogens with zero attached hydrogens (tertiary/aromatic N) is 3. The zero-order valence-electron chi connectivity index (χ0n) is 13.8. The van der Waals surface area contributed by atoms with Gasteiger partial charge in [-0.05, 0) is 31.2 Å². The van der Waals surface area contributed by atoms with Gasteiger partial charge in [0, 0.05) is 38.4 Å². The van der Waals surface area contributed by atoms with Crippen molar-refractivity contribution in [2.24, 2.45) is 11.8 Å². The van der Waals surface area contributed by atoms with E-state index >= 15 is 0 Å². The molecule has 8 heteroatoms. The van der Waals surface area contributed by atoms with Gasteiger partial charge in [-0.2, -0.15) is 4.31 Å². The molecule has 1 N–H and O–H groups in total. The molecule has 2 aliphatic rings. The number of carboxylic acid groups (broad SMARTS) is 1. The van der Waals surface area contributed by atoms with Crippen molar-refractivity contribution >= 4 is 21.8 Å². The van der Waals surface area contributed by atoms with Crippen LogP contribution in [0.15, 0.2) is 23.2 Å². The summed E-state index contributed by atoms with van der Waals surface area (Å²) in [5.41, 5.74) is 0. The molecular formula is C16H23N3O4S. The number of carboxylic acids is 1. The Morgan fingerprint density at radius 3 is 2.67 bits per heavy atom. The van der Waals surface area contributed by atoms with E-state index in [1.54, 1.807) is 6.07 Å². The van der Waals surface area contributed by atoms with Crippen LogP contribution >= 0.6 is 0 Å². The Hall–Kier alpha value is -1.67. The fourth-order valence-corrected chi connectivity index (χ4v) is 5.05. The van der Waals surface area contributed by atoms with Crippen LogP contribution in [0.3, 0.4) is 0 Å². The Morgan fingerprint density at radius 2 is 2.00 bits per heavy atom. The summed E-state index contributed by atoms with van der Waals surface area (Å²) in [5.74, 6) is -0.504. The van der Waals surface area contributed by atoms with Crippen LogP contribution in [0.5, 0.6) is 0 Å². The third kappa shape index (κ3) is 3.39. The van der Waals surface area contributed by atoms with Crippen molar-refractivity contribution in [3.05, 3.63) is 18.3 Å². The first kappa shape index (κ1) is 17.2. The van der Waals surface area contributed by atoms with Gasteiger partial charge in [-0.25, -0.2) is 13.4 Å². The molecule has 0 saturated carbocycles. The quantitative estimate of drug-likeness (QED) is 0.880. The highest BCUT2D eigenvalue weighted by molar-refractivity contribution is 7.89. The number of piperidine rings is 1. The van der Waals surface area contributed by atoms with E-state index in [0.29, 0.717) is 38.4 Å². The van der Waals surface area contributed by atoms with Gasteiger partial charge < -0.3 is 10.0 Å². The molecule has 0 aromatic carbocycles. The minimum Gasteiger partial charge on any atom is -0.481 e. The maximum absolute atomic E-state index is 12.7. The van der Waals surface area contributed by atoms with Gasteiger partial charge in [0.2, 0.25) is 10.0 Å². The zero-order chi connectivity index (χ0) is 17.3. The van der Waals surface area contributed by atoms with Gasteiger partial charge in [0.05, 0.1) is 10.8 Å². The van der Waals surface area contributed by atoms with Crippen LogP contribution < -0.4 is 4.90 Å². The van der Waals surface area contributed by atoms with Crippen molar-refractivity contribution in [3.8, 4) is 0 Å². The monoisotopic (exact) mass is 353 g/mol. The van der Waals surface area contributed by atoms with Crippen LogP contribution in [0, 0.1) is 11.8 Å². The van der Waals surface area contributed by atoms with Gasteiger partial charge in [0.15, 0.2) is 0 Å². The first-order valence-electron chi connectivity index (χ1n) is 8.32. The number of aliphatic carboxylic acids is 1. The third-order valence-corrected chi connectivity index (χ3v) is 6.65. The van der Waals surface area contributed by atoms with E-state index in [1.165, 1.54) is 16.6 Å². The summed E-state index contributed by atoms with van der Waals surface area (Å²) in [7, 11) is -3.49. The number of sulfonamides is 1. The van der Waals surface area contributed by atoms with E-state index in [9.17, 15) is 18.3 Å². The average Bonchev–Trinajstić information content (AvgIpc) is 3.09. The first-order chi connectivity index (χ1) is 11.4. The predicted molar refractivity (Wildman–Crippen MR) is 89.3 cm³/mol. The first-order valence-corrected chi connectivity index (χ1v) is 9.76.